The van der Waals surface area contributed by atoms with Gasteiger partial charge in [-0.3, -0.25) is 0 Å². The van der Waals surface area contributed by atoms with E-state index in [-0.39, 0.29) is 5.82 Å². The average Bonchev–Trinajstić information content (AvgIpc) is 2.85. The molecule has 0 bridgehead atoms. The summed E-state index contributed by atoms with van der Waals surface area (Å²) in [5.41, 5.74) is 1.51. The first-order chi connectivity index (χ1) is 9.18. The summed E-state index contributed by atoms with van der Waals surface area (Å²) in [5.74, 6) is -0.265. The van der Waals surface area contributed by atoms with Gasteiger partial charge in [-0.15, -0.1) is 0 Å². The van der Waals surface area contributed by atoms with E-state index in [1.54, 1.807) is 18.2 Å². The molecule has 0 saturated carbocycles. The molecule has 0 aliphatic heterocycles. The third-order valence-corrected chi connectivity index (χ3v) is 3.46. The van der Waals surface area contributed by atoms with Crippen molar-refractivity contribution < 1.29 is 9.50 Å². The second kappa shape index (κ2) is 4.52. The minimum absolute atomic E-state index is 0.265. The van der Waals surface area contributed by atoms with Gasteiger partial charge in [0.15, 0.2) is 0 Å². The number of fused-ring (bicyclic) bond motifs is 1. The lowest BCUT2D eigenvalue weighted by molar-refractivity contribution is 0.213. The largest absolute Gasteiger partial charge is 0.382 e. The lowest BCUT2D eigenvalue weighted by atomic mass is 9.98. The molecule has 1 N–H and O–H groups in total. The first-order valence-corrected chi connectivity index (χ1v) is 6.15. The zero-order valence-electron chi connectivity index (χ0n) is 10.5. The van der Waals surface area contributed by atoms with Crippen molar-refractivity contribution in [2.45, 2.75) is 6.10 Å². The summed E-state index contributed by atoms with van der Waals surface area (Å²) in [6.07, 6.45) is 1.12. The summed E-state index contributed by atoms with van der Waals surface area (Å²) >= 11 is 0. The summed E-state index contributed by atoms with van der Waals surface area (Å²) in [7, 11) is 1.88. The molecule has 0 amide bonds. The van der Waals surface area contributed by atoms with E-state index in [1.807, 2.05) is 42.1 Å². The fourth-order valence-corrected chi connectivity index (χ4v) is 2.44. The maximum atomic E-state index is 13.8. The Morgan fingerprint density at radius 3 is 2.42 bits per heavy atom. The van der Waals surface area contributed by atoms with Crippen LogP contribution in [0.1, 0.15) is 17.4 Å². The van der Waals surface area contributed by atoms with Crippen LogP contribution in [0.25, 0.3) is 10.8 Å². The van der Waals surface area contributed by atoms with Gasteiger partial charge in [-0.1, -0.05) is 30.3 Å². The zero-order chi connectivity index (χ0) is 13.4. The molecule has 0 aliphatic rings. The molecule has 0 fully saturated rings. The number of hydrogen-bond donors (Lipinski definition) is 1. The van der Waals surface area contributed by atoms with Crippen molar-refractivity contribution in [2.75, 3.05) is 0 Å². The zero-order valence-corrected chi connectivity index (χ0v) is 10.5. The smallest absolute Gasteiger partial charge is 0.131 e. The van der Waals surface area contributed by atoms with Crippen LogP contribution in [0.2, 0.25) is 0 Å². The van der Waals surface area contributed by atoms with Crippen molar-refractivity contribution in [2.24, 2.45) is 7.05 Å². The van der Waals surface area contributed by atoms with Crippen LogP contribution < -0.4 is 0 Å². The summed E-state index contributed by atoms with van der Waals surface area (Å²) in [6.45, 7) is 0. The highest BCUT2D eigenvalue weighted by atomic mass is 19.1. The second-order valence-electron chi connectivity index (χ2n) is 4.63. The highest BCUT2D eigenvalue weighted by Crippen LogP contribution is 2.30. The number of aromatic nitrogens is 1. The van der Waals surface area contributed by atoms with E-state index in [9.17, 15) is 9.50 Å². The molecule has 0 radical (unpaired) electrons. The highest BCUT2D eigenvalue weighted by molar-refractivity contribution is 5.86. The van der Waals surface area contributed by atoms with Crippen molar-refractivity contribution in [1.82, 2.24) is 4.57 Å². The summed E-state index contributed by atoms with van der Waals surface area (Å²) in [6, 6.07) is 14.0. The highest BCUT2D eigenvalue weighted by Gasteiger charge is 2.16. The SMILES string of the molecule is Cn1cccc1C(O)c1ccc(F)c2ccccc12. The van der Waals surface area contributed by atoms with Crippen molar-refractivity contribution in [1.29, 1.82) is 0 Å². The van der Waals surface area contributed by atoms with Gasteiger partial charge in [0, 0.05) is 18.6 Å². The molecule has 1 heterocycles. The van der Waals surface area contributed by atoms with Crippen molar-refractivity contribution in [3.8, 4) is 0 Å². The van der Waals surface area contributed by atoms with Crippen LogP contribution >= 0.6 is 0 Å². The van der Waals surface area contributed by atoms with Gasteiger partial charge in [-0.05, 0) is 29.1 Å². The molecule has 0 saturated heterocycles. The molecule has 0 aliphatic carbocycles. The Bertz CT molecular complexity index is 732. The Kier molecular flexibility index (Phi) is 2.84. The number of nitrogens with zero attached hydrogens (tertiary/aromatic N) is 1. The molecule has 96 valence electrons. The monoisotopic (exact) mass is 255 g/mol. The van der Waals surface area contributed by atoms with Crippen LogP contribution in [0.3, 0.4) is 0 Å². The maximum absolute atomic E-state index is 13.8. The Morgan fingerprint density at radius 2 is 1.74 bits per heavy atom. The van der Waals surface area contributed by atoms with Crippen molar-refractivity contribution in [3.63, 3.8) is 0 Å². The van der Waals surface area contributed by atoms with Crippen LogP contribution in [0.4, 0.5) is 4.39 Å². The number of halogens is 1. The molecular weight excluding hydrogens is 241 g/mol. The quantitative estimate of drug-likeness (QED) is 0.746. The normalized spacial score (nSPS) is 12.8. The predicted octanol–water partition coefficient (Wildman–Crippen LogP) is 3.40. The summed E-state index contributed by atoms with van der Waals surface area (Å²) in [4.78, 5) is 0. The van der Waals surface area contributed by atoms with E-state index in [0.29, 0.717) is 5.39 Å². The van der Waals surface area contributed by atoms with Crippen molar-refractivity contribution >= 4 is 10.8 Å². The van der Waals surface area contributed by atoms with Gasteiger partial charge < -0.3 is 9.67 Å². The van der Waals surface area contributed by atoms with Gasteiger partial charge in [0.2, 0.25) is 0 Å². The summed E-state index contributed by atoms with van der Waals surface area (Å²) in [5, 5.41) is 11.8. The fourth-order valence-electron chi connectivity index (χ4n) is 2.44. The van der Waals surface area contributed by atoms with E-state index >= 15 is 0 Å². The molecule has 3 heteroatoms. The molecule has 0 spiro atoms. The van der Waals surface area contributed by atoms with E-state index in [4.69, 9.17) is 0 Å². The molecule has 1 unspecified atom stereocenters. The molecule has 3 aromatic rings. The first kappa shape index (κ1) is 11.9. The van der Waals surface area contributed by atoms with Crippen LogP contribution in [-0.2, 0) is 7.05 Å². The third-order valence-electron chi connectivity index (χ3n) is 3.46. The topological polar surface area (TPSA) is 25.2 Å². The van der Waals surface area contributed by atoms with Crippen LogP contribution in [0.15, 0.2) is 54.7 Å². The van der Waals surface area contributed by atoms with Crippen LogP contribution in [0.5, 0.6) is 0 Å². The second-order valence-corrected chi connectivity index (χ2v) is 4.63. The molecule has 2 nitrogen and oxygen atoms in total. The standard InChI is InChI=1S/C16H14FNO/c1-18-10-4-7-15(18)16(19)13-8-9-14(17)12-6-3-2-5-11(12)13/h2-10,16,19H,1H3. The van der Waals surface area contributed by atoms with E-state index in [2.05, 4.69) is 0 Å². The van der Waals surface area contributed by atoms with Gasteiger partial charge in [0.05, 0.1) is 5.69 Å². The Morgan fingerprint density at radius 1 is 1.00 bits per heavy atom. The lowest BCUT2D eigenvalue weighted by Crippen LogP contribution is -2.06. The van der Waals surface area contributed by atoms with Crippen molar-refractivity contribution in [3.05, 3.63) is 71.8 Å². The van der Waals surface area contributed by atoms with E-state index in [0.717, 1.165) is 16.6 Å². The Labute approximate surface area is 110 Å². The minimum Gasteiger partial charge on any atom is -0.382 e. The number of aryl methyl sites for hydroxylation is 1. The molecule has 1 aromatic heterocycles. The van der Waals surface area contributed by atoms with Gasteiger partial charge in [-0.2, -0.15) is 0 Å². The number of hydrogen-bond acceptors (Lipinski definition) is 1. The Balaban J connectivity index is 2.21. The van der Waals surface area contributed by atoms with Crippen LogP contribution in [0, 0.1) is 5.82 Å². The first-order valence-electron chi connectivity index (χ1n) is 6.15. The number of aliphatic hydroxyl groups is 1. The molecule has 1 atom stereocenters. The number of rotatable bonds is 2. The Hall–Kier alpha value is -2.13. The lowest BCUT2D eigenvalue weighted by Gasteiger charge is -2.15. The van der Waals surface area contributed by atoms with Gasteiger partial charge >= 0.3 is 0 Å². The fraction of sp³-hybridized carbons (Fsp3) is 0.125. The predicted molar refractivity (Wildman–Crippen MR) is 73.4 cm³/mol. The maximum Gasteiger partial charge on any atom is 0.131 e. The van der Waals surface area contributed by atoms with Gasteiger partial charge in [-0.25, -0.2) is 4.39 Å². The van der Waals surface area contributed by atoms with Crippen LogP contribution in [-0.4, -0.2) is 9.67 Å². The molecule has 3 rings (SSSR count). The molecule has 2 aromatic carbocycles. The average molecular weight is 255 g/mol. The molecule has 19 heavy (non-hydrogen) atoms. The van der Waals surface area contributed by atoms with Gasteiger partial charge in [0.25, 0.3) is 0 Å². The minimum atomic E-state index is -0.759. The third kappa shape index (κ3) is 1.92. The molecular formula is C16H14FNO. The van der Waals surface area contributed by atoms with E-state index in [1.165, 1.54) is 6.07 Å². The van der Waals surface area contributed by atoms with Gasteiger partial charge in [0.1, 0.15) is 11.9 Å². The number of aliphatic hydroxyl groups excluding tert-OH is 1. The number of benzene rings is 2. The summed E-state index contributed by atoms with van der Waals surface area (Å²) < 4.78 is 15.6. The van der Waals surface area contributed by atoms with E-state index < -0.39 is 6.10 Å².